The molecule has 2 aromatic carbocycles. The number of aryl methyl sites for hydroxylation is 2. The van der Waals surface area contributed by atoms with Gasteiger partial charge >= 0.3 is 0 Å². The molecular formula is C21H18BrN3S. The van der Waals surface area contributed by atoms with Crippen LogP contribution in [0.4, 0.5) is 0 Å². The van der Waals surface area contributed by atoms with Crippen LogP contribution in [0.15, 0.2) is 70.4 Å². The number of aromatic nitrogens is 3. The van der Waals surface area contributed by atoms with Crippen molar-refractivity contribution >= 4 is 33.2 Å². The number of fused-ring (bicyclic) bond motifs is 1. The van der Waals surface area contributed by atoms with Crippen LogP contribution in [0.5, 0.6) is 0 Å². The van der Waals surface area contributed by atoms with Crippen molar-refractivity contribution in [2.24, 2.45) is 0 Å². The Morgan fingerprint density at radius 1 is 1.08 bits per heavy atom. The van der Waals surface area contributed by atoms with Crippen molar-refractivity contribution in [2.75, 3.05) is 0 Å². The third kappa shape index (κ3) is 3.55. The summed E-state index contributed by atoms with van der Waals surface area (Å²) in [6, 6.07) is 17.0. The Bertz CT molecular complexity index is 1090. The summed E-state index contributed by atoms with van der Waals surface area (Å²) in [5.41, 5.74) is 6.97. The van der Waals surface area contributed by atoms with Crippen LogP contribution in [-0.4, -0.2) is 14.6 Å². The van der Waals surface area contributed by atoms with Crippen LogP contribution < -0.4 is 0 Å². The van der Waals surface area contributed by atoms with Crippen molar-refractivity contribution in [2.45, 2.75) is 24.6 Å². The van der Waals surface area contributed by atoms with E-state index in [1.165, 1.54) is 22.3 Å². The second-order valence-electron chi connectivity index (χ2n) is 6.33. The van der Waals surface area contributed by atoms with Crippen LogP contribution in [0.1, 0.15) is 16.7 Å². The smallest absolute Gasteiger partial charge is 0.122 e. The van der Waals surface area contributed by atoms with Crippen molar-refractivity contribution in [3.8, 4) is 11.3 Å². The molecule has 0 radical (unpaired) electrons. The lowest BCUT2D eigenvalue weighted by Crippen LogP contribution is -1.92. The largest absolute Gasteiger partial charge is 0.246 e. The number of thioether (sulfide) groups is 1. The predicted octanol–water partition coefficient (Wildman–Crippen LogP) is 6.07. The highest BCUT2D eigenvalue weighted by Gasteiger charge is 2.11. The maximum absolute atomic E-state index is 4.76. The Morgan fingerprint density at radius 2 is 1.96 bits per heavy atom. The average molecular weight is 424 g/mol. The molecule has 0 aliphatic heterocycles. The highest BCUT2D eigenvalue weighted by atomic mass is 79.9. The third-order valence-electron chi connectivity index (χ3n) is 4.28. The fraction of sp³-hybridized carbons (Fsp3) is 0.143. The molecule has 0 bridgehead atoms. The van der Waals surface area contributed by atoms with E-state index in [1.807, 2.05) is 23.0 Å². The molecule has 4 aromatic rings. The highest BCUT2D eigenvalue weighted by Crippen LogP contribution is 2.30. The van der Waals surface area contributed by atoms with Crippen LogP contribution in [-0.2, 0) is 5.75 Å². The van der Waals surface area contributed by atoms with Crippen molar-refractivity contribution in [3.05, 3.63) is 82.1 Å². The highest BCUT2D eigenvalue weighted by molar-refractivity contribution is 9.10. The van der Waals surface area contributed by atoms with E-state index in [0.29, 0.717) is 0 Å². The first kappa shape index (κ1) is 17.3. The number of nitrogens with zero attached hydrogens (tertiary/aromatic N) is 3. The zero-order chi connectivity index (χ0) is 18.1. The Balaban J connectivity index is 1.67. The number of benzene rings is 2. The predicted molar refractivity (Wildman–Crippen MR) is 112 cm³/mol. The first-order valence-electron chi connectivity index (χ1n) is 8.39. The van der Waals surface area contributed by atoms with Crippen LogP contribution in [0.25, 0.3) is 16.8 Å². The van der Waals surface area contributed by atoms with Gasteiger partial charge in [0.15, 0.2) is 0 Å². The molecule has 0 atom stereocenters. The Kier molecular flexibility index (Phi) is 4.83. The summed E-state index contributed by atoms with van der Waals surface area (Å²) in [6.07, 6.45) is 3.72. The van der Waals surface area contributed by atoms with Gasteiger partial charge in [-0.05, 0) is 43.2 Å². The van der Waals surface area contributed by atoms with Crippen LogP contribution in [0, 0.1) is 13.8 Å². The molecule has 0 unspecified atom stereocenters. The lowest BCUT2D eigenvalue weighted by Gasteiger charge is -2.03. The fourth-order valence-corrected chi connectivity index (χ4v) is 4.39. The molecule has 0 spiro atoms. The second kappa shape index (κ2) is 7.25. The molecule has 0 fully saturated rings. The maximum atomic E-state index is 4.76. The van der Waals surface area contributed by atoms with Gasteiger partial charge in [-0.1, -0.05) is 63.6 Å². The summed E-state index contributed by atoms with van der Waals surface area (Å²) in [6.45, 7) is 4.24. The van der Waals surface area contributed by atoms with E-state index in [9.17, 15) is 0 Å². The molecule has 0 N–H and O–H groups in total. The molecule has 3 nitrogen and oxygen atoms in total. The topological polar surface area (TPSA) is 30.2 Å². The quantitative estimate of drug-likeness (QED) is 0.373. The summed E-state index contributed by atoms with van der Waals surface area (Å²) in [5.74, 6) is 0.871. The Morgan fingerprint density at radius 3 is 2.77 bits per heavy atom. The molecular weight excluding hydrogens is 406 g/mol. The first-order valence-corrected chi connectivity index (χ1v) is 10.2. The number of halogens is 1. The van der Waals surface area contributed by atoms with E-state index in [-0.39, 0.29) is 0 Å². The number of hydrogen-bond acceptors (Lipinski definition) is 3. The van der Waals surface area contributed by atoms with Gasteiger partial charge in [-0.15, -0.1) is 0 Å². The summed E-state index contributed by atoms with van der Waals surface area (Å²) in [4.78, 5) is 4.58. The second-order valence-corrected chi connectivity index (χ2v) is 8.21. The van der Waals surface area contributed by atoms with E-state index < -0.39 is 0 Å². The molecule has 130 valence electrons. The minimum absolute atomic E-state index is 0.871. The van der Waals surface area contributed by atoms with Gasteiger partial charge in [0, 0.05) is 28.2 Å². The molecule has 0 saturated carbocycles. The zero-order valence-electron chi connectivity index (χ0n) is 14.6. The normalized spacial score (nSPS) is 11.2. The van der Waals surface area contributed by atoms with Crippen LogP contribution in [0.2, 0.25) is 0 Å². The molecule has 5 heteroatoms. The summed E-state index contributed by atoms with van der Waals surface area (Å²) < 4.78 is 3.02. The maximum Gasteiger partial charge on any atom is 0.122 e. The van der Waals surface area contributed by atoms with Gasteiger partial charge in [0.2, 0.25) is 0 Å². The molecule has 0 saturated heterocycles. The number of rotatable bonds is 4. The van der Waals surface area contributed by atoms with Gasteiger partial charge in [0.05, 0.1) is 11.2 Å². The molecule has 2 heterocycles. The van der Waals surface area contributed by atoms with Gasteiger partial charge in [0.1, 0.15) is 5.03 Å². The van der Waals surface area contributed by atoms with Crippen molar-refractivity contribution in [1.82, 2.24) is 14.6 Å². The van der Waals surface area contributed by atoms with Gasteiger partial charge in [0.25, 0.3) is 0 Å². The fourth-order valence-electron chi connectivity index (χ4n) is 3.02. The standard InChI is InChI=1S/C21H18BrN3S/c1-14-6-7-18(15(2)10-14)19-12-20-21(23-8-9-25(20)24-19)26-13-16-4-3-5-17(22)11-16/h3-12H,13H2,1-2H3. The van der Waals surface area contributed by atoms with E-state index in [0.717, 1.165) is 26.5 Å². The van der Waals surface area contributed by atoms with Crippen LogP contribution in [0.3, 0.4) is 0 Å². The van der Waals surface area contributed by atoms with E-state index >= 15 is 0 Å². The Hall–Kier alpha value is -2.11. The first-order chi connectivity index (χ1) is 12.6. The SMILES string of the molecule is Cc1ccc(-c2cc3c(SCc4cccc(Br)c4)nccn3n2)c(C)c1. The van der Waals surface area contributed by atoms with Crippen molar-refractivity contribution in [1.29, 1.82) is 0 Å². The molecule has 4 rings (SSSR count). The van der Waals surface area contributed by atoms with Crippen LogP contribution >= 0.6 is 27.7 Å². The molecule has 0 aliphatic carbocycles. The third-order valence-corrected chi connectivity index (χ3v) is 5.84. The lowest BCUT2D eigenvalue weighted by atomic mass is 10.0. The van der Waals surface area contributed by atoms with E-state index in [2.05, 4.69) is 77.2 Å². The zero-order valence-corrected chi connectivity index (χ0v) is 17.0. The molecule has 2 aromatic heterocycles. The summed E-state index contributed by atoms with van der Waals surface area (Å²) in [7, 11) is 0. The van der Waals surface area contributed by atoms with Crippen molar-refractivity contribution < 1.29 is 0 Å². The van der Waals surface area contributed by atoms with Gasteiger partial charge in [-0.3, -0.25) is 0 Å². The van der Waals surface area contributed by atoms with Gasteiger partial charge < -0.3 is 0 Å². The minimum Gasteiger partial charge on any atom is -0.246 e. The van der Waals surface area contributed by atoms with Crippen molar-refractivity contribution in [3.63, 3.8) is 0 Å². The minimum atomic E-state index is 0.871. The lowest BCUT2D eigenvalue weighted by molar-refractivity contribution is 0.920. The number of hydrogen-bond donors (Lipinski definition) is 0. The van der Waals surface area contributed by atoms with Gasteiger partial charge in [-0.25, -0.2) is 9.50 Å². The molecule has 0 aliphatic rings. The average Bonchev–Trinajstić information content (AvgIpc) is 3.04. The van der Waals surface area contributed by atoms with E-state index in [4.69, 9.17) is 5.10 Å². The summed E-state index contributed by atoms with van der Waals surface area (Å²) in [5, 5.41) is 5.76. The molecule has 0 amide bonds. The molecule has 26 heavy (non-hydrogen) atoms. The summed E-state index contributed by atoms with van der Waals surface area (Å²) >= 11 is 5.26. The monoisotopic (exact) mass is 423 g/mol. The Labute approximate surface area is 165 Å². The van der Waals surface area contributed by atoms with E-state index in [1.54, 1.807) is 11.8 Å². The van der Waals surface area contributed by atoms with Gasteiger partial charge in [-0.2, -0.15) is 5.10 Å².